The molecule has 0 aromatic heterocycles. The number of methoxy groups -OCH3 is 1. The number of carbonyl (C=O) groups excluding carboxylic acids is 3. The molecule has 2 aliphatic rings. The van der Waals surface area contributed by atoms with Gasteiger partial charge in [0.2, 0.25) is 5.91 Å². The monoisotopic (exact) mass is 411 g/mol. The Morgan fingerprint density at radius 2 is 1.72 bits per heavy atom. The first kappa shape index (κ1) is 19.1. The molecule has 0 saturated carbocycles. The quantitative estimate of drug-likeness (QED) is 0.573. The maximum Gasteiger partial charge on any atom is 0.355 e. The van der Waals surface area contributed by atoms with E-state index < -0.39 is 29.7 Å². The Bertz CT molecular complexity index is 1080. The number of hydrogen-bond acceptors (Lipinski definition) is 6. The van der Waals surface area contributed by atoms with Crippen LogP contribution in [0.15, 0.2) is 47.6 Å². The average Bonchev–Trinajstić information content (AvgIpc) is 3.21. The molecule has 1 fully saturated rings. The molecular weight excluding hydrogens is 394 g/mol. The maximum absolute atomic E-state index is 13.4. The molecule has 148 valence electrons. The molecule has 4 rings (SSSR count). The highest BCUT2D eigenvalue weighted by atomic mass is 35.5. The number of fused-ring (bicyclic) bond motifs is 1. The summed E-state index contributed by atoms with van der Waals surface area (Å²) in [5.74, 6) is -2.77. The predicted molar refractivity (Wildman–Crippen MR) is 109 cm³/mol. The number of aryl methyl sites for hydroxylation is 1. The van der Waals surface area contributed by atoms with Gasteiger partial charge in [0, 0.05) is 5.02 Å². The molecule has 0 unspecified atom stereocenters. The van der Waals surface area contributed by atoms with Crippen LogP contribution in [0.2, 0.25) is 5.02 Å². The highest BCUT2D eigenvalue weighted by Crippen LogP contribution is 2.40. The smallest absolute Gasteiger partial charge is 0.355 e. The minimum absolute atomic E-state index is 0.0821. The van der Waals surface area contributed by atoms with Gasteiger partial charge in [-0.3, -0.25) is 14.6 Å². The Labute approximate surface area is 172 Å². The molecule has 0 aliphatic carbocycles. The van der Waals surface area contributed by atoms with Gasteiger partial charge in [0.25, 0.3) is 5.91 Å². The molecule has 2 aliphatic heterocycles. The topological polar surface area (TPSA) is 79.3 Å². The second-order valence-corrected chi connectivity index (χ2v) is 7.33. The van der Waals surface area contributed by atoms with E-state index in [0.29, 0.717) is 22.0 Å². The number of benzene rings is 2. The number of para-hydroxylation sites is 1. The lowest BCUT2D eigenvalue weighted by atomic mass is 9.97. The van der Waals surface area contributed by atoms with Crippen molar-refractivity contribution in [3.8, 4) is 0 Å². The van der Waals surface area contributed by atoms with E-state index in [1.54, 1.807) is 31.2 Å². The zero-order valence-corrected chi connectivity index (χ0v) is 16.8. The SMILES string of the molecule is COC(=O)C1=NN(c2ccccc2C)[C@H]2C(=O)N(c3cccc(Cl)c3C)C(=O)[C@@H]12. The molecule has 2 amide bonds. The summed E-state index contributed by atoms with van der Waals surface area (Å²) in [6, 6.07) is 11.4. The van der Waals surface area contributed by atoms with Crippen LogP contribution in [0.3, 0.4) is 0 Å². The van der Waals surface area contributed by atoms with Crippen molar-refractivity contribution in [3.05, 3.63) is 58.6 Å². The van der Waals surface area contributed by atoms with E-state index in [0.717, 1.165) is 10.5 Å². The molecule has 0 spiro atoms. The van der Waals surface area contributed by atoms with Crippen LogP contribution in [-0.4, -0.2) is 36.6 Å². The Morgan fingerprint density at radius 1 is 1.03 bits per heavy atom. The summed E-state index contributed by atoms with van der Waals surface area (Å²) in [6.45, 7) is 3.61. The normalized spacial score (nSPS) is 20.8. The van der Waals surface area contributed by atoms with Gasteiger partial charge in [-0.25, -0.2) is 9.69 Å². The summed E-state index contributed by atoms with van der Waals surface area (Å²) in [5, 5.41) is 6.22. The predicted octanol–water partition coefficient (Wildman–Crippen LogP) is 2.86. The number of halogens is 1. The molecule has 0 N–H and O–H groups in total. The maximum atomic E-state index is 13.4. The summed E-state index contributed by atoms with van der Waals surface area (Å²) in [4.78, 5) is 40.2. The Hall–Kier alpha value is -3.19. The molecule has 29 heavy (non-hydrogen) atoms. The molecule has 7 nitrogen and oxygen atoms in total. The summed E-state index contributed by atoms with van der Waals surface area (Å²) >= 11 is 6.20. The fourth-order valence-electron chi connectivity index (χ4n) is 3.78. The van der Waals surface area contributed by atoms with Gasteiger partial charge in [-0.1, -0.05) is 35.9 Å². The van der Waals surface area contributed by atoms with Gasteiger partial charge in [-0.05, 0) is 43.2 Å². The highest BCUT2D eigenvalue weighted by molar-refractivity contribution is 6.47. The van der Waals surface area contributed by atoms with Crippen molar-refractivity contribution in [3.63, 3.8) is 0 Å². The van der Waals surface area contributed by atoms with Crippen molar-refractivity contribution in [2.24, 2.45) is 11.0 Å². The van der Waals surface area contributed by atoms with Crippen LogP contribution in [0.4, 0.5) is 11.4 Å². The lowest BCUT2D eigenvalue weighted by molar-refractivity contribution is -0.133. The molecule has 0 bridgehead atoms. The first-order valence-electron chi connectivity index (χ1n) is 9.01. The van der Waals surface area contributed by atoms with Gasteiger partial charge >= 0.3 is 5.97 Å². The second kappa shape index (κ2) is 7.00. The van der Waals surface area contributed by atoms with Crippen molar-refractivity contribution < 1.29 is 19.1 Å². The Balaban J connectivity index is 1.86. The number of esters is 1. The van der Waals surface area contributed by atoms with E-state index >= 15 is 0 Å². The fourth-order valence-corrected chi connectivity index (χ4v) is 3.95. The van der Waals surface area contributed by atoms with Crippen LogP contribution in [0.5, 0.6) is 0 Å². The van der Waals surface area contributed by atoms with Crippen LogP contribution in [0.1, 0.15) is 11.1 Å². The highest BCUT2D eigenvalue weighted by Gasteiger charge is 2.59. The van der Waals surface area contributed by atoms with Crippen LogP contribution < -0.4 is 9.91 Å². The first-order chi connectivity index (χ1) is 13.9. The molecule has 0 radical (unpaired) electrons. The fraction of sp³-hybridized carbons (Fsp3) is 0.238. The lowest BCUT2D eigenvalue weighted by Gasteiger charge is -2.24. The molecular formula is C21H18ClN3O4. The second-order valence-electron chi connectivity index (χ2n) is 6.93. The van der Waals surface area contributed by atoms with E-state index in [-0.39, 0.29) is 5.71 Å². The minimum Gasteiger partial charge on any atom is -0.464 e. The van der Waals surface area contributed by atoms with Crippen LogP contribution in [-0.2, 0) is 19.1 Å². The molecule has 2 aromatic carbocycles. The number of ether oxygens (including phenoxy) is 1. The summed E-state index contributed by atoms with van der Waals surface area (Å²) in [6.07, 6.45) is 0. The average molecular weight is 412 g/mol. The molecule has 1 saturated heterocycles. The van der Waals surface area contributed by atoms with Crippen LogP contribution >= 0.6 is 11.6 Å². The zero-order chi connectivity index (χ0) is 20.9. The number of anilines is 2. The van der Waals surface area contributed by atoms with Gasteiger partial charge in [0.15, 0.2) is 5.71 Å². The third-order valence-corrected chi connectivity index (χ3v) is 5.70. The molecule has 2 aromatic rings. The number of nitrogens with zero attached hydrogens (tertiary/aromatic N) is 3. The summed E-state index contributed by atoms with van der Waals surface area (Å²) in [7, 11) is 1.22. The van der Waals surface area contributed by atoms with Crippen LogP contribution in [0, 0.1) is 19.8 Å². The van der Waals surface area contributed by atoms with E-state index in [4.69, 9.17) is 16.3 Å². The van der Waals surface area contributed by atoms with E-state index in [2.05, 4.69) is 5.10 Å². The summed E-state index contributed by atoms with van der Waals surface area (Å²) < 4.78 is 4.82. The third kappa shape index (κ3) is 2.81. The number of carbonyl (C=O) groups is 3. The Kier molecular flexibility index (Phi) is 4.62. The van der Waals surface area contributed by atoms with E-state index in [9.17, 15) is 14.4 Å². The lowest BCUT2D eigenvalue weighted by Crippen LogP contribution is -2.39. The van der Waals surface area contributed by atoms with Crippen molar-refractivity contribution in [1.29, 1.82) is 0 Å². The number of hydrogen-bond donors (Lipinski definition) is 0. The standard InChI is InChI=1S/C21H18ClN3O4/c1-11-7-4-5-9-14(11)25-18-16(17(23-25)21(28)29-3)19(26)24(20(18)27)15-10-6-8-13(22)12(15)2/h4-10,16,18H,1-3H3/t16-,18+/m0/s1. The van der Waals surface area contributed by atoms with Crippen LogP contribution in [0.25, 0.3) is 0 Å². The van der Waals surface area contributed by atoms with Gasteiger partial charge in [0.1, 0.15) is 12.0 Å². The van der Waals surface area contributed by atoms with Gasteiger partial charge < -0.3 is 4.74 Å². The van der Waals surface area contributed by atoms with Crippen molar-refractivity contribution in [1.82, 2.24) is 0 Å². The largest absolute Gasteiger partial charge is 0.464 e. The zero-order valence-electron chi connectivity index (χ0n) is 16.0. The van der Waals surface area contributed by atoms with Gasteiger partial charge in [-0.15, -0.1) is 0 Å². The summed E-state index contributed by atoms with van der Waals surface area (Å²) in [5.41, 5.74) is 2.43. The van der Waals surface area contributed by atoms with Gasteiger partial charge in [0.05, 0.1) is 18.5 Å². The number of imide groups is 1. The van der Waals surface area contributed by atoms with E-state index in [1.807, 2.05) is 25.1 Å². The molecule has 8 heteroatoms. The van der Waals surface area contributed by atoms with Gasteiger partial charge in [-0.2, -0.15) is 5.10 Å². The van der Waals surface area contributed by atoms with Crippen molar-refractivity contribution in [2.45, 2.75) is 19.9 Å². The number of amides is 2. The minimum atomic E-state index is -1.05. The molecule has 2 atom stereocenters. The van der Waals surface area contributed by atoms with Crippen molar-refractivity contribution in [2.75, 3.05) is 17.0 Å². The Morgan fingerprint density at radius 3 is 2.41 bits per heavy atom. The van der Waals surface area contributed by atoms with E-state index in [1.165, 1.54) is 12.1 Å². The number of hydrazone groups is 1. The number of rotatable bonds is 3. The first-order valence-corrected chi connectivity index (χ1v) is 9.39. The third-order valence-electron chi connectivity index (χ3n) is 5.29. The molecule has 2 heterocycles. The van der Waals surface area contributed by atoms with Crippen molar-refractivity contribution >= 4 is 46.5 Å².